The van der Waals surface area contributed by atoms with E-state index in [4.69, 9.17) is 4.98 Å². The number of imidazole rings is 2. The molecule has 5 aromatic rings. The standard InChI is InChI=1S/C25H24N6O3/c1-15-11-17(31-10-9-26-14-31)12-19-22(15)30-24(29-19)21-18(7-8-27-25(21)34)28-20(13-32)23(33)16-5-3-2-4-6-16/h2-12,14,20,23,32-33H,13H2,1H3,(H,29,30)(H2,27,28,34)/t20-,23-/m0/s1. The highest BCUT2D eigenvalue weighted by Crippen LogP contribution is 2.29. The lowest BCUT2D eigenvalue weighted by molar-refractivity contribution is 0.118. The Hall–Kier alpha value is -4.21. The molecule has 0 aliphatic heterocycles. The number of aliphatic hydroxyl groups is 2. The molecule has 0 radical (unpaired) electrons. The van der Waals surface area contributed by atoms with E-state index in [1.807, 2.05) is 48.0 Å². The second-order valence-corrected chi connectivity index (χ2v) is 8.10. The minimum absolute atomic E-state index is 0.293. The van der Waals surface area contributed by atoms with Gasteiger partial charge in [-0.25, -0.2) is 9.97 Å². The van der Waals surface area contributed by atoms with Crippen molar-refractivity contribution in [3.63, 3.8) is 0 Å². The van der Waals surface area contributed by atoms with Crippen LogP contribution >= 0.6 is 0 Å². The molecule has 0 aliphatic carbocycles. The molecule has 0 aliphatic rings. The zero-order valence-corrected chi connectivity index (χ0v) is 18.4. The van der Waals surface area contributed by atoms with Crippen LogP contribution in [-0.2, 0) is 0 Å². The Morgan fingerprint density at radius 1 is 1.18 bits per heavy atom. The fraction of sp³-hybridized carbons (Fsp3) is 0.160. The van der Waals surface area contributed by atoms with Crippen LogP contribution in [0.4, 0.5) is 5.69 Å². The molecule has 5 N–H and O–H groups in total. The molecule has 0 fully saturated rings. The molecule has 0 unspecified atom stereocenters. The Labute approximate surface area is 194 Å². The van der Waals surface area contributed by atoms with Gasteiger partial charge in [-0.1, -0.05) is 30.3 Å². The van der Waals surface area contributed by atoms with Gasteiger partial charge in [0.15, 0.2) is 0 Å². The maximum absolute atomic E-state index is 12.9. The first-order chi connectivity index (χ1) is 16.5. The smallest absolute Gasteiger partial charge is 0.261 e. The van der Waals surface area contributed by atoms with Crippen molar-refractivity contribution in [2.75, 3.05) is 11.9 Å². The predicted molar refractivity (Wildman–Crippen MR) is 130 cm³/mol. The lowest BCUT2D eigenvalue weighted by Crippen LogP contribution is -2.32. The van der Waals surface area contributed by atoms with Gasteiger partial charge in [-0.2, -0.15) is 0 Å². The number of pyridine rings is 1. The SMILES string of the molecule is Cc1cc(-n2ccnc2)cc2[nH]c(-c3c(N[C@@H](CO)[C@@H](O)c4ccccc4)cc[nH]c3=O)nc12. The Morgan fingerprint density at radius 2 is 2.00 bits per heavy atom. The molecule has 34 heavy (non-hydrogen) atoms. The Morgan fingerprint density at radius 3 is 2.74 bits per heavy atom. The molecule has 0 saturated heterocycles. The van der Waals surface area contributed by atoms with E-state index >= 15 is 0 Å². The third-order valence-corrected chi connectivity index (χ3v) is 5.82. The Bertz CT molecular complexity index is 1470. The zero-order valence-electron chi connectivity index (χ0n) is 18.4. The highest BCUT2D eigenvalue weighted by Gasteiger charge is 2.23. The van der Waals surface area contributed by atoms with Crippen LogP contribution in [0, 0.1) is 6.92 Å². The van der Waals surface area contributed by atoms with Gasteiger partial charge < -0.3 is 30.1 Å². The van der Waals surface area contributed by atoms with E-state index in [0.29, 0.717) is 22.6 Å². The van der Waals surface area contributed by atoms with E-state index in [9.17, 15) is 15.0 Å². The van der Waals surface area contributed by atoms with Crippen molar-refractivity contribution >= 4 is 16.7 Å². The van der Waals surface area contributed by atoms with Crippen molar-refractivity contribution in [2.45, 2.75) is 19.1 Å². The number of hydrogen-bond acceptors (Lipinski definition) is 6. The number of benzene rings is 2. The first-order valence-electron chi connectivity index (χ1n) is 10.9. The lowest BCUT2D eigenvalue weighted by atomic mass is 10.0. The van der Waals surface area contributed by atoms with Crippen LogP contribution in [0.5, 0.6) is 0 Å². The first kappa shape index (κ1) is 21.6. The first-order valence-corrected chi connectivity index (χ1v) is 10.9. The van der Waals surface area contributed by atoms with Crippen molar-refractivity contribution in [3.8, 4) is 17.1 Å². The van der Waals surface area contributed by atoms with Gasteiger partial charge in [-0.05, 0) is 36.2 Å². The third kappa shape index (κ3) is 3.98. The van der Waals surface area contributed by atoms with E-state index in [2.05, 4.69) is 20.3 Å². The van der Waals surface area contributed by atoms with Gasteiger partial charge in [-0.15, -0.1) is 0 Å². The van der Waals surface area contributed by atoms with Gasteiger partial charge in [0.05, 0.1) is 35.7 Å². The minimum Gasteiger partial charge on any atom is -0.394 e. The average molecular weight is 457 g/mol. The molecule has 5 rings (SSSR count). The molecule has 2 atom stereocenters. The third-order valence-electron chi connectivity index (χ3n) is 5.82. The monoisotopic (exact) mass is 456 g/mol. The summed E-state index contributed by atoms with van der Waals surface area (Å²) in [7, 11) is 0. The lowest BCUT2D eigenvalue weighted by Gasteiger charge is -2.24. The number of nitrogens with one attached hydrogen (secondary N) is 3. The molecule has 0 bridgehead atoms. The second kappa shape index (κ2) is 8.97. The molecule has 172 valence electrons. The van der Waals surface area contributed by atoms with Crippen molar-refractivity contribution in [1.29, 1.82) is 0 Å². The summed E-state index contributed by atoms with van der Waals surface area (Å²) in [5.41, 5.74) is 4.44. The fourth-order valence-corrected chi connectivity index (χ4v) is 4.09. The fourth-order valence-electron chi connectivity index (χ4n) is 4.09. The number of aromatic amines is 2. The summed E-state index contributed by atoms with van der Waals surface area (Å²) in [6.07, 6.45) is 5.82. The molecular weight excluding hydrogens is 432 g/mol. The Balaban J connectivity index is 1.55. The Kier molecular flexibility index (Phi) is 5.70. The summed E-state index contributed by atoms with van der Waals surface area (Å²) in [6, 6.07) is 14.0. The van der Waals surface area contributed by atoms with E-state index in [1.54, 1.807) is 30.7 Å². The summed E-state index contributed by atoms with van der Waals surface area (Å²) in [6.45, 7) is 1.62. The number of hydrogen-bond donors (Lipinski definition) is 5. The molecule has 0 saturated carbocycles. The van der Waals surface area contributed by atoms with E-state index in [0.717, 1.165) is 22.3 Å². The van der Waals surface area contributed by atoms with Crippen LogP contribution in [0.15, 0.2) is 78.2 Å². The van der Waals surface area contributed by atoms with E-state index in [-0.39, 0.29) is 12.2 Å². The summed E-state index contributed by atoms with van der Waals surface area (Å²) in [4.78, 5) is 27.6. The van der Waals surface area contributed by atoms with Gasteiger partial charge in [0.1, 0.15) is 17.5 Å². The molecule has 9 heteroatoms. The van der Waals surface area contributed by atoms with Crippen molar-refractivity contribution < 1.29 is 10.2 Å². The molecule has 0 amide bonds. The van der Waals surface area contributed by atoms with Gasteiger partial charge >= 0.3 is 0 Å². The second-order valence-electron chi connectivity index (χ2n) is 8.10. The van der Waals surface area contributed by atoms with Crippen LogP contribution < -0.4 is 10.9 Å². The largest absolute Gasteiger partial charge is 0.394 e. The highest BCUT2D eigenvalue weighted by molar-refractivity contribution is 5.86. The predicted octanol–water partition coefficient (Wildman–Crippen LogP) is 2.92. The summed E-state index contributed by atoms with van der Waals surface area (Å²) >= 11 is 0. The van der Waals surface area contributed by atoms with Gasteiger partial charge in [0.25, 0.3) is 5.56 Å². The topological polar surface area (TPSA) is 132 Å². The summed E-state index contributed by atoms with van der Waals surface area (Å²) < 4.78 is 1.89. The number of nitrogens with zero attached hydrogens (tertiary/aromatic N) is 3. The van der Waals surface area contributed by atoms with Gasteiger partial charge in [-0.3, -0.25) is 4.79 Å². The van der Waals surface area contributed by atoms with Crippen molar-refractivity contribution in [2.24, 2.45) is 0 Å². The normalized spacial score (nSPS) is 13.1. The number of H-pyrrole nitrogens is 2. The maximum atomic E-state index is 12.9. The van der Waals surface area contributed by atoms with Crippen LogP contribution in [0.3, 0.4) is 0 Å². The van der Waals surface area contributed by atoms with Crippen molar-refractivity contribution in [3.05, 3.63) is 94.9 Å². The van der Waals surface area contributed by atoms with E-state index < -0.39 is 12.1 Å². The van der Waals surface area contributed by atoms with Crippen LogP contribution in [0.25, 0.3) is 28.1 Å². The van der Waals surface area contributed by atoms with Crippen molar-refractivity contribution in [1.82, 2.24) is 24.5 Å². The minimum atomic E-state index is -0.978. The molecule has 3 heterocycles. The van der Waals surface area contributed by atoms with Gasteiger partial charge in [0.2, 0.25) is 0 Å². The maximum Gasteiger partial charge on any atom is 0.261 e. The molecule has 3 aromatic heterocycles. The number of aromatic nitrogens is 5. The number of aryl methyl sites for hydroxylation is 1. The summed E-state index contributed by atoms with van der Waals surface area (Å²) in [5.74, 6) is 0.385. The number of fused-ring (bicyclic) bond motifs is 1. The molecule has 9 nitrogen and oxygen atoms in total. The van der Waals surface area contributed by atoms with Crippen LogP contribution in [-0.4, -0.2) is 47.4 Å². The highest BCUT2D eigenvalue weighted by atomic mass is 16.3. The molecular formula is C25H24N6O3. The average Bonchev–Trinajstić information content (AvgIpc) is 3.53. The zero-order chi connectivity index (χ0) is 23.7. The number of rotatable bonds is 7. The molecule has 0 spiro atoms. The number of aliphatic hydroxyl groups excluding tert-OH is 2. The molecule has 2 aromatic carbocycles. The van der Waals surface area contributed by atoms with Crippen LogP contribution in [0.2, 0.25) is 0 Å². The summed E-state index contributed by atoms with van der Waals surface area (Å²) in [5, 5.41) is 23.9. The van der Waals surface area contributed by atoms with Gasteiger partial charge in [0, 0.05) is 24.3 Å². The number of anilines is 1. The van der Waals surface area contributed by atoms with E-state index in [1.165, 1.54) is 6.20 Å². The van der Waals surface area contributed by atoms with Crippen LogP contribution in [0.1, 0.15) is 17.2 Å². The quantitative estimate of drug-likeness (QED) is 0.256.